The maximum Gasteiger partial charge on any atom is 0.176 e. The van der Waals surface area contributed by atoms with Crippen LogP contribution in [0.1, 0.15) is 0 Å². The zero-order valence-electron chi connectivity index (χ0n) is 4.79. The van der Waals surface area contributed by atoms with Gasteiger partial charge in [-0.05, 0) is 12.1 Å². The molecule has 0 heterocycles. The van der Waals surface area contributed by atoms with Crippen molar-refractivity contribution in [1.29, 1.82) is 0 Å². The van der Waals surface area contributed by atoms with Gasteiger partial charge in [-0.25, -0.2) is 4.99 Å². The number of aliphatic imine (C=N–C) groups is 1. The summed E-state index contributed by atoms with van der Waals surface area (Å²) in [6, 6.07) is 8.94. The Kier molecular flexibility index (Phi) is 1.96. The molecule has 0 aliphatic carbocycles. The minimum Gasteiger partial charge on any atom is -0.227 e. The van der Waals surface area contributed by atoms with E-state index >= 15 is 0 Å². The second kappa shape index (κ2) is 2.97. The van der Waals surface area contributed by atoms with E-state index in [-0.39, 0.29) is 6.47 Å². The monoisotopic (exact) mass is 123 g/mol. The van der Waals surface area contributed by atoms with Crippen molar-refractivity contribution in [2.24, 2.45) is 4.99 Å². The van der Waals surface area contributed by atoms with Gasteiger partial charge >= 0.3 is 0 Å². The van der Waals surface area contributed by atoms with E-state index in [0.717, 1.165) is 0 Å². The van der Waals surface area contributed by atoms with Crippen LogP contribution in [0.4, 0.5) is 10.1 Å². The predicted octanol–water partition coefficient (Wildman–Crippen LogP) is 2.32. The van der Waals surface area contributed by atoms with Gasteiger partial charge < -0.3 is 0 Å². The number of halogens is 1. The second-order valence-electron chi connectivity index (χ2n) is 1.56. The molecule has 1 aromatic rings. The fraction of sp³-hybridized carbons (Fsp3) is 0. The number of hydrogen-bond donors (Lipinski definition) is 0. The molecule has 46 valence electrons. The minimum atomic E-state index is 0.287. The van der Waals surface area contributed by atoms with Crippen LogP contribution in [0.3, 0.4) is 0 Å². The van der Waals surface area contributed by atoms with Gasteiger partial charge in [-0.1, -0.05) is 18.2 Å². The summed E-state index contributed by atoms with van der Waals surface area (Å²) in [6.07, 6.45) is 0. The summed E-state index contributed by atoms with van der Waals surface area (Å²) in [5, 5.41) is 0. The number of hydrogen-bond acceptors (Lipinski definition) is 1. The molecular formula is C7H6FN. The highest BCUT2D eigenvalue weighted by molar-refractivity contribution is 5.53. The molecule has 1 aromatic carbocycles. The van der Waals surface area contributed by atoms with E-state index in [0.29, 0.717) is 5.69 Å². The Morgan fingerprint density at radius 3 is 2.44 bits per heavy atom. The molecule has 0 unspecified atom stereocenters. The summed E-state index contributed by atoms with van der Waals surface area (Å²) in [5.74, 6) is 0. The predicted molar refractivity (Wildman–Crippen MR) is 35.7 cm³/mol. The highest BCUT2D eigenvalue weighted by atomic mass is 19.1. The molecule has 0 aliphatic heterocycles. The van der Waals surface area contributed by atoms with Gasteiger partial charge in [-0.15, -0.1) is 0 Å². The van der Waals surface area contributed by atoms with Crippen molar-refractivity contribution < 1.29 is 4.39 Å². The van der Waals surface area contributed by atoms with Crippen molar-refractivity contribution in [3.8, 4) is 0 Å². The number of para-hydroxylation sites is 1. The fourth-order valence-electron chi connectivity index (χ4n) is 0.570. The highest BCUT2D eigenvalue weighted by Crippen LogP contribution is 2.07. The molecule has 0 aromatic heterocycles. The van der Waals surface area contributed by atoms with Crippen molar-refractivity contribution in [2.45, 2.75) is 0 Å². The lowest BCUT2D eigenvalue weighted by molar-refractivity contribution is 0.842. The molecule has 9 heavy (non-hydrogen) atoms. The third kappa shape index (κ3) is 1.64. The van der Waals surface area contributed by atoms with Gasteiger partial charge in [-0.3, -0.25) is 0 Å². The molecule has 0 saturated heterocycles. The van der Waals surface area contributed by atoms with E-state index in [1.165, 1.54) is 0 Å². The molecule has 1 nitrogen and oxygen atoms in total. The maximum atomic E-state index is 11.4. The van der Waals surface area contributed by atoms with Gasteiger partial charge in [-0.2, -0.15) is 4.39 Å². The average Bonchev–Trinajstić information content (AvgIpc) is 1.91. The number of nitrogens with zero attached hydrogens (tertiary/aromatic N) is 1. The van der Waals surface area contributed by atoms with Crippen molar-refractivity contribution in [3.05, 3.63) is 30.3 Å². The van der Waals surface area contributed by atoms with Crippen molar-refractivity contribution in [2.75, 3.05) is 0 Å². The standard InChI is InChI=1S/C7H6FN/c8-6-9-7-4-2-1-3-5-7/h1-6H. The summed E-state index contributed by atoms with van der Waals surface area (Å²) >= 11 is 0. The van der Waals surface area contributed by atoms with Crippen LogP contribution in [0, 0.1) is 0 Å². The first-order valence-electron chi connectivity index (χ1n) is 2.61. The summed E-state index contributed by atoms with van der Waals surface area (Å²) in [4.78, 5) is 3.42. The lowest BCUT2D eigenvalue weighted by Gasteiger charge is -1.85. The van der Waals surface area contributed by atoms with Crippen LogP contribution >= 0.6 is 0 Å². The molecule has 0 atom stereocenters. The van der Waals surface area contributed by atoms with E-state index in [1.807, 2.05) is 18.2 Å². The molecule has 0 spiro atoms. The van der Waals surface area contributed by atoms with Crippen LogP contribution < -0.4 is 0 Å². The van der Waals surface area contributed by atoms with Gasteiger partial charge in [0.25, 0.3) is 0 Å². The van der Waals surface area contributed by atoms with Crippen LogP contribution in [0.2, 0.25) is 0 Å². The Bertz CT molecular complexity index is 193. The van der Waals surface area contributed by atoms with Crippen molar-refractivity contribution in [1.82, 2.24) is 0 Å². The zero-order valence-corrected chi connectivity index (χ0v) is 4.79. The zero-order chi connectivity index (χ0) is 6.53. The van der Waals surface area contributed by atoms with E-state index in [9.17, 15) is 4.39 Å². The minimum absolute atomic E-state index is 0.287. The first-order valence-corrected chi connectivity index (χ1v) is 2.61. The molecule has 1 rings (SSSR count). The quantitative estimate of drug-likeness (QED) is 0.508. The molecule has 0 bridgehead atoms. The van der Waals surface area contributed by atoms with Crippen molar-refractivity contribution in [3.63, 3.8) is 0 Å². The Morgan fingerprint density at radius 1 is 1.22 bits per heavy atom. The number of rotatable bonds is 1. The van der Waals surface area contributed by atoms with E-state index in [2.05, 4.69) is 4.99 Å². The van der Waals surface area contributed by atoms with E-state index in [1.54, 1.807) is 12.1 Å². The van der Waals surface area contributed by atoms with Gasteiger partial charge in [0.15, 0.2) is 6.47 Å². The molecule has 0 saturated carbocycles. The van der Waals surface area contributed by atoms with Gasteiger partial charge in [0.05, 0.1) is 5.69 Å². The third-order valence-electron chi connectivity index (χ3n) is 0.954. The Balaban J connectivity index is 2.85. The Labute approximate surface area is 52.9 Å². The summed E-state index contributed by atoms with van der Waals surface area (Å²) in [7, 11) is 0. The Hall–Kier alpha value is -1.18. The summed E-state index contributed by atoms with van der Waals surface area (Å²) < 4.78 is 11.4. The largest absolute Gasteiger partial charge is 0.227 e. The van der Waals surface area contributed by atoms with E-state index < -0.39 is 0 Å². The SMILES string of the molecule is FC=Nc1ccccc1. The lowest BCUT2D eigenvalue weighted by atomic mass is 10.3. The molecule has 0 amide bonds. The van der Waals surface area contributed by atoms with Crippen LogP contribution in [0.15, 0.2) is 35.3 Å². The van der Waals surface area contributed by atoms with Crippen LogP contribution in [0.25, 0.3) is 0 Å². The molecule has 2 heteroatoms. The third-order valence-corrected chi connectivity index (χ3v) is 0.954. The summed E-state index contributed by atoms with van der Waals surface area (Å²) in [5.41, 5.74) is 0.639. The molecule has 0 N–H and O–H groups in total. The topological polar surface area (TPSA) is 12.4 Å². The van der Waals surface area contributed by atoms with E-state index in [4.69, 9.17) is 0 Å². The van der Waals surface area contributed by atoms with Gasteiger partial charge in [0, 0.05) is 0 Å². The average molecular weight is 123 g/mol. The van der Waals surface area contributed by atoms with Crippen LogP contribution in [-0.4, -0.2) is 6.47 Å². The first-order chi connectivity index (χ1) is 4.43. The molecule has 0 aliphatic rings. The van der Waals surface area contributed by atoms with Crippen LogP contribution in [-0.2, 0) is 0 Å². The Morgan fingerprint density at radius 2 is 1.89 bits per heavy atom. The fourth-order valence-corrected chi connectivity index (χ4v) is 0.570. The highest BCUT2D eigenvalue weighted by Gasteiger charge is 1.79. The smallest absolute Gasteiger partial charge is 0.176 e. The molecular weight excluding hydrogens is 117 g/mol. The molecule has 0 fully saturated rings. The number of benzene rings is 1. The van der Waals surface area contributed by atoms with Crippen LogP contribution in [0.5, 0.6) is 0 Å². The lowest BCUT2D eigenvalue weighted by Crippen LogP contribution is -1.60. The second-order valence-corrected chi connectivity index (χ2v) is 1.56. The summed E-state index contributed by atoms with van der Waals surface area (Å²) in [6.45, 7) is 0.287. The maximum absolute atomic E-state index is 11.4. The van der Waals surface area contributed by atoms with Crippen molar-refractivity contribution >= 4 is 12.2 Å². The normalized spacial score (nSPS) is 10.3. The molecule has 0 radical (unpaired) electrons. The first kappa shape index (κ1) is 5.95. The van der Waals surface area contributed by atoms with Gasteiger partial charge in [0.2, 0.25) is 0 Å². The van der Waals surface area contributed by atoms with Gasteiger partial charge in [0.1, 0.15) is 0 Å².